The van der Waals surface area contributed by atoms with Crippen molar-refractivity contribution in [1.82, 2.24) is 10.3 Å². The molecule has 2 aromatic rings. The summed E-state index contributed by atoms with van der Waals surface area (Å²) in [5.74, 6) is 0.210. The summed E-state index contributed by atoms with van der Waals surface area (Å²) in [5, 5.41) is 4.34. The Labute approximate surface area is 113 Å². The first kappa shape index (κ1) is 12.3. The minimum Gasteiger partial charge on any atom is -0.307 e. The average molecular weight is 254 g/mol. The van der Waals surface area contributed by atoms with Crippen molar-refractivity contribution in [2.75, 3.05) is 6.54 Å². The fourth-order valence-electron chi connectivity index (χ4n) is 2.66. The molecule has 0 saturated carbocycles. The van der Waals surface area contributed by atoms with E-state index in [2.05, 4.69) is 10.3 Å². The average Bonchev–Trinajstić information content (AvgIpc) is 2.47. The van der Waals surface area contributed by atoms with Gasteiger partial charge in [-0.3, -0.25) is 9.78 Å². The number of fused-ring (bicyclic) bond motifs is 1. The number of ketones is 1. The number of benzene rings is 1. The molecule has 2 heterocycles. The smallest absolute Gasteiger partial charge is 0.179 e. The van der Waals surface area contributed by atoms with E-state index in [4.69, 9.17) is 0 Å². The van der Waals surface area contributed by atoms with Crippen LogP contribution in [0.25, 0.3) is 10.9 Å². The predicted molar refractivity (Wildman–Crippen MR) is 76.5 cm³/mol. The van der Waals surface area contributed by atoms with Crippen molar-refractivity contribution in [3.05, 3.63) is 41.6 Å². The molecule has 3 heteroatoms. The van der Waals surface area contributed by atoms with Gasteiger partial charge in [-0.15, -0.1) is 0 Å². The maximum Gasteiger partial charge on any atom is 0.179 e. The predicted octanol–water partition coefficient (Wildman–Crippen LogP) is 2.87. The molecule has 3 rings (SSSR count). The molecule has 19 heavy (non-hydrogen) atoms. The Morgan fingerprint density at radius 2 is 2.16 bits per heavy atom. The van der Waals surface area contributed by atoms with Gasteiger partial charge in [0.2, 0.25) is 0 Å². The third-order valence-corrected chi connectivity index (χ3v) is 3.74. The lowest BCUT2D eigenvalue weighted by molar-refractivity contribution is 0.0927. The Bertz CT molecular complexity index is 615. The largest absolute Gasteiger partial charge is 0.307 e. The Kier molecular flexibility index (Phi) is 3.30. The highest BCUT2D eigenvalue weighted by atomic mass is 16.1. The summed E-state index contributed by atoms with van der Waals surface area (Å²) in [6.07, 6.45) is 3.26. The number of aromatic nitrogens is 1. The van der Waals surface area contributed by atoms with Crippen LogP contribution in [0, 0.1) is 6.92 Å². The van der Waals surface area contributed by atoms with Crippen LogP contribution in [-0.2, 0) is 0 Å². The van der Waals surface area contributed by atoms with Gasteiger partial charge in [-0.1, -0.05) is 12.5 Å². The summed E-state index contributed by atoms with van der Waals surface area (Å²) in [5.41, 5.74) is 2.74. The molecule has 3 nitrogen and oxygen atoms in total. The topological polar surface area (TPSA) is 42.0 Å². The van der Waals surface area contributed by atoms with Gasteiger partial charge in [0, 0.05) is 16.6 Å². The summed E-state index contributed by atoms with van der Waals surface area (Å²) in [4.78, 5) is 16.9. The maximum absolute atomic E-state index is 12.4. The van der Waals surface area contributed by atoms with Crippen molar-refractivity contribution in [1.29, 1.82) is 0 Å². The van der Waals surface area contributed by atoms with Crippen LogP contribution in [0.4, 0.5) is 0 Å². The van der Waals surface area contributed by atoms with Gasteiger partial charge >= 0.3 is 0 Å². The molecule has 1 fully saturated rings. The summed E-state index contributed by atoms with van der Waals surface area (Å²) in [7, 11) is 0. The lowest BCUT2D eigenvalue weighted by Crippen LogP contribution is -2.40. The van der Waals surface area contributed by atoms with E-state index in [1.165, 1.54) is 6.42 Å². The zero-order chi connectivity index (χ0) is 13.2. The highest BCUT2D eigenvalue weighted by Crippen LogP contribution is 2.18. The van der Waals surface area contributed by atoms with E-state index >= 15 is 0 Å². The summed E-state index contributed by atoms with van der Waals surface area (Å²) in [6, 6.07) is 9.80. The normalized spacial score (nSPS) is 19.5. The SMILES string of the molecule is Cc1ccc2cc(C(=O)C3CCCCN3)ccc2n1. The van der Waals surface area contributed by atoms with Crippen LogP contribution in [0.15, 0.2) is 30.3 Å². The third kappa shape index (κ3) is 2.51. The van der Waals surface area contributed by atoms with Crippen molar-refractivity contribution in [2.24, 2.45) is 0 Å². The second-order valence-corrected chi connectivity index (χ2v) is 5.23. The van der Waals surface area contributed by atoms with E-state index < -0.39 is 0 Å². The molecule has 1 saturated heterocycles. The number of Topliss-reactive ketones (excluding diaryl/α,β-unsaturated/α-hetero) is 1. The molecule has 1 aliphatic heterocycles. The molecular formula is C16H18N2O. The Morgan fingerprint density at radius 1 is 1.26 bits per heavy atom. The number of aryl methyl sites for hydroxylation is 1. The van der Waals surface area contributed by atoms with Crippen molar-refractivity contribution in [3.8, 4) is 0 Å². The van der Waals surface area contributed by atoms with Gasteiger partial charge in [0.05, 0.1) is 11.6 Å². The van der Waals surface area contributed by atoms with Crippen LogP contribution < -0.4 is 5.32 Å². The number of nitrogens with zero attached hydrogens (tertiary/aromatic N) is 1. The molecule has 1 unspecified atom stereocenters. The van der Waals surface area contributed by atoms with Crippen molar-refractivity contribution >= 4 is 16.7 Å². The molecule has 0 amide bonds. The molecule has 0 bridgehead atoms. The quantitative estimate of drug-likeness (QED) is 0.838. The zero-order valence-electron chi connectivity index (χ0n) is 11.1. The highest BCUT2D eigenvalue weighted by Gasteiger charge is 2.21. The lowest BCUT2D eigenvalue weighted by atomic mass is 9.95. The van der Waals surface area contributed by atoms with Gasteiger partial charge in [-0.25, -0.2) is 0 Å². The molecular weight excluding hydrogens is 236 g/mol. The molecule has 1 aromatic carbocycles. The van der Waals surface area contributed by atoms with Crippen LogP contribution in [-0.4, -0.2) is 23.4 Å². The number of carbonyl (C=O) groups excluding carboxylic acids is 1. The molecule has 0 aliphatic carbocycles. The molecule has 0 spiro atoms. The second-order valence-electron chi connectivity index (χ2n) is 5.23. The highest BCUT2D eigenvalue weighted by molar-refractivity contribution is 6.02. The van der Waals surface area contributed by atoms with Gasteiger partial charge in [-0.2, -0.15) is 0 Å². The fraction of sp³-hybridized carbons (Fsp3) is 0.375. The van der Waals surface area contributed by atoms with Crippen LogP contribution in [0.5, 0.6) is 0 Å². The number of hydrogen-bond acceptors (Lipinski definition) is 3. The van der Waals surface area contributed by atoms with Crippen molar-refractivity contribution in [3.63, 3.8) is 0 Å². The number of rotatable bonds is 2. The number of pyridine rings is 1. The Balaban J connectivity index is 1.92. The van der Waals surface area contributed by atoms with E-state index in [0.717, 1.165) is 41.5 Å². The fourth-order valence-corrected chi connectivity index (χ4v) is 2.66. The molecule has 1 atom stereocenters. The second kappa shape index (κ2) is 5.10. The summed E-state index contributed by atoms with van der Waals surface area (Å²) in [6.45, 7) is 2.93. The zero-order valence-corrected chi connectivity index (χ0v) is 11.1. The summed E-state index contributed by atoms with van der Waals surface area (Å²) >= 11 is 0. The van der Waals surface area contributed by atoms with Crippen molar-refractivity contribution < 1.29 is 4.79 Å². The van der Waals surface area contributed by atoms with Crippen LogP contribution in [0.3, 0.4) is 0 Å². The van der Waals surface area contributed by atoms with Crippen molar-refractivity contribution in [2.45, 2.75) is 32.2 Å². The number of piperidine rings is 1. The monoisotopic (exact) mass is 254 g/mol. The Hall–Kier alpha value is -1.74. The van der Waals surface area contributed by atoms with Gasteiger partial charge < -0.3 is 5.32 Å². The third-order valence-electron chi connectivity index (χ3n) is 3.74. The van der Waals surface area contributed by atoms with Gasteiger partial charge in [0.25, 0.3) is 0 Å². The first-order chi connectivity index (χ1) is 9.24. The van der Waals surface area contributed by atoms with Crippen LogP contribution in [0.1, 0.15) is 35.3 Å². The lowest BCUT2D eigenvalue weighted by Gasteiger charge is -2.22. The van der Waals surface area contributed by atoms with Gasteiger partial charge in [-0.05, 0) is 50.6 Å². The minimum absolute atomic E-state index is 0.00962. The summed E-state index contributed by atoms with van der Waals surface area (Å²) < 4.78 is 0. The molecule has 1 aliphatic rings. The molecule has 1 N–H and O–H groups in total. The molecule has 1 aromatic heterocycles. The van der Waals surface area contributed by atoms with Gasteiger partial charge in [0.1, 0.15) is 0 Å². The van der Waals surface area contributed by atoms with Crippen LogP contribution in [0.2, 0.25) is 0 Å². The van der Waals surface area contributed by atoms with E-state index in [1.54, 1.807) is 0 Å². The maximum atomic E-state index is 12.4. The molecule has 0 radical (unpaired) electrons. The Morgan fingerprint density at radius 3 is 2.95 bits per heavy atom. The van der Waals surface area contributed by atoms with Crippen LogP contribution >= 0.6 is 0 Å². The first-order valence-corrected chi connectivity index (χ1v) is 6.89. The number of nitrogens with one attached hydrogen (secondary N) is 1. The van der Waals surface area contributed by atoms with E-state index in [1.807, 2.05) is 37.3 Å². The van der Waals surface area contributed by atoms with E-state index in [0.29, 0.717) is 0 Å². The van der Waals surface area contributed by atoms with Gasteiger partial charge in [0.15, 0.2) is 5.78 Å². The number of hydrogen-bond donors (Lipinski definition) is 1. The first-order valence-electron chi connectivity index (χ1n) is 6.89. The standard InChI is InChI=1S/C16H18N2O/c1-11-5-6-12-10-13(7-8-14(12)18-11)16(19)15-4-2-3-9-17-15/h5-8,10,15,17H,2-4,9H2,1H3. The molecule has 98 valence electrons. The minimum atomic E-state index is -0.00962. The van der Waals surface area contributed by atoms with E-state index in [9.17, 15) is 4.79 Å². The number of carbonyl (C=O) groups is 1. The van der Waals surface area contributed by atoms with E-state index in [-0.39, 0.29) is 11.8 Å².